The van der Waals surface area contributed by atoms with Crippen LogP contribution in [0.3, 0.4) is 0 Å². The number of rotatable bonds is 7. The molecule has 2 heterocycles. The zero-order chi connectivity index (χ0) is 25.3. The van der Waals surface area contributed by atoms with Crippen LogP contribution in [0.5, 0.6) is 0 Å². The summed E-state index contributed by atoms with van der Waals surface area (Å²) in [6.07, 6.45) is -0.794. The highest BCUT2D eigenvalue weighted by molar-refractivity contribution is 6.44. The molecule has 3 aliphatic rings. The number of halogens is 4. The zero-order valence-electron chi connectivity index (χ0n) is 19.1. The number of nitrogens with one attached hydrogen (secondary N) is 3. The summed E-state index contributed by atoms with van der Waals surface area (Å²) in [5.41, 5.74) is 1.24. The molecule has 35 heavy (non-hydrogen) atoms. The number of amides is 2. The largest absolute Gasteiger partial charge is 0.379 e. The van der Waals surface area contributed by atoms with Gasteiger partial charge in [0.05, 0.1) is 17.1 Å². The van der Waals surface area contributed by atoms with E-state index < -0.39 is 47.7 Å². The number of aromatic nitrogens is 1. The van der Waals surface area contributed by atoms with Crippen molar-refractivity contribution < 1.29 is 27.6 Å². The molecule has 2 fully saturated rings. The highest BCUT2D eigenvalue weighted by Gasteiger charge is 2.62. The van der Waals surface area contributed by atoms with Crippen molar-refractivity contribution in [1.29, 1.82) is 0 Å². The van der Waals surface area contributed by atoms with Crippen molar-refractivity contribution in [3.63, 3.8) is 0 Å². The summed E-state index contributed by atoms with van der Waals surface area (Å²) >= 11 is 5.86. The molecule has 2 aliphatic carbocycles. The number of alkyl halides is 2. The van der Waals surface area contributed by atoms with Crippen molar-refractivity contribution in [1.82, 2.24) is 15.2 Å². The zero-order valence-corrected chi connectivity index (χ0v) is 19.9. The van der Waals surface area contributed by atoms with Crippen molar-refractivity contribution in [2.75, 3.05) is 12.4 Å². The monoisotopic (exact) mass is 508 g/mol. The van der Waals surface area contributed by atoms with E-state index in [2.05, 4.69) is 16.0 Å². The predicted octanol–water partition coefficient (Wildman–Crippen LogP) is 3.53. The minimum Gasteiger partial charge on any atom is -0.379 e. The summed E-state index contributed by atoms with van der Waals surface area (Å²) in [6.45, 7) is 2.76. The highest BCUT2D eigenvalue weighted by atomic mass is 35.5. The van der Waals surface area contributed by atoms with Crippen LogP contribution in [0.25, 0.3) is 0 Å². The molecule has 2 amide bonds. The molecule has 7 nitrogen and oxygen atoms in total. The molecule has 0 unspecified atom stereocenters. The van der Waals surface area contributed by atoms with Crippen molar-refractivity contribution in [3.05, 3.63) is 51.6 Å². The van der Waals surface area contributed by atoms with Gasteiger partial charge < -0.3 is 20.5 Å². The molecule has 0 saturated heterocycles. The Balaban J connectivity index is 1.41. The second-order valence-electron chi connectivity index (χ2n) is 9.68. The van der Waals surface area contributed by atoms with Gasteiger partial charge in [-0.15, -0.1) is 0 Å². The number of nitrogens with zero attached hydrogens (tertiary/aromatic N) is 1. The molecule has 11 heteroatoms. The topological polar surface area (TPSA) is 92.2 Å². The predicted molar refractivity (Wildman–Crippen MR) is 122 cm³/mol. The maximum Gasteiger partial charge on any atom is 0.293 e. The number of hydrogen-bond acceptors (Lipinski definition) is 4. The molecule has 0 bridgehead atoms. The normalized spacial score (nSPS) is 22.5. The number of likely N-dealkylation sites (N-methyl/N-ethyl adjacent to an activating group) is 1. The second-order valence-corrected chi connectivity index (χ2v) is 10.1. The van der Waals surface area contributed by atoms with E-state index in [1.165, 1.54) is 19.2 Å². The van der Waals surface area contributed by atoms with Crippen molar-refractivity contribution in [2.45, 2.75) is 56.7 Å². The Hall–Kier alpha value is -3.01. The molecule has 1 aliphatic heterocycles. The number of ketones is 1. The number of carbonyl (C=O) groups excluding carboxylic acids is 3. The molecule has 3 N–H and O–H groups in total. The van der Waals surface area contributed by atoms with E-state index in [4.69, 9.17) is 11.6 Å². The lowest BCUT2D eigenvalue weighted by Gasteiger charge is -2.45. The molecule has 1 aromatic carbocycles. The summed E-state index contributed by atoms with van der Waals surface area (Å²) in [5.74, 6) is -5.73. The lowest BCUT2D eigenvalue weighted by atomic mass is 9.72. The molecule has 2 saturated carbocycles. The summed E-state index contributed by atoms with van der Waals surface area (Å²) in [5, 5.41) is 7.76. The molecule has 2 atom stereocenters. The number of carbonyl (C=O) groups is 3. The SMILES string of the molecule is CNC(=O)C1(NC(=O)C(=O)c2c(C)c(CNc3ccc(F)c(Cl)c3)n3c2[C@H]2C[C@H]2C3)CC(F)(F)C1. The minimum absolute atomic E-state index is 0.0208. The van der Waals surface area contributed by atoms with Crippen LogP contribution >= 0.6 is 11.6 Å². The second kappa shape index (κ2) is 8.01. The smallest absolute Gasteiger partial charge is 0.293 e. The Kier molecular flexibility index (Phi) is 5.43. The van der Waals surface area contributed by atoms with E-state index >= 15 is 0 Å². The summed E-state index contributed by atoms with van der Waals surface area (Å²) in [4.78, 5) is 38.5. The maximum atomic E-state index is 13.6. The van der Waals surface area contributed by atoms with Gasteiger partial charge in [-0.2, -0.15) is 0 Å². The van der Waals surface area contributed by atoms with E-state index in [9.17, 15) is 27.6 Å². The fraction of sp³-hybridized carbons (Fsp3) is 0.458. The Morgan fingerprint density at radius 3 is 2.57 bits per heavy atom. The number of hydrogen-bond donors (Lipinski definition) is 3. The fourth-order valence-electron chi connectivity index (χ4n) is 5.50. The van der Waals surface area contributed by atoms with Gasteiger partial charge in [0.25, 0.3) is 17.6 Å². The lowest BCUT2D eigenvalue weighted by molar-refractivity contribution is -0.164. The lowest BCUT2D eigenvalue weighted by Crippen LogP contribution is -2.69. The van der Waals surface area contributed by atoms with Crippen LogP contribution in [-0.4, -0.2) is 40.7 Å². The molecule has 0 radical (unpaired) electrons. The Labute approximate surface area is 204 Å². The van der Waals surface area contributed by atoms with Gasteiger partial charge in [-0.3, -0.25) is 14.4 Å². The Bertz CT molecular complexity index is 1270. The number of fused-ring (bicyclic) bond motifs is 3. The third-order valence-corrected chi connectivity index (χ3v) is 7.61. The van der Waals surface area contributed by atoms with Gasteiger partial charge >= 0.3 is 0 Å². The molecule has 2 aromatic rings. The van der Waals surface area contributed by atoms with Crippen molar-refractivity contribution in [3.8, 4) is 0 Å². The van der Waals surface area contributed by atoms with Crippen LogP contribution in [-0.2, 0) is 22.7 Å². The average Bonchev–Trinajstić information content (AvgIpc) is 3.37. The number of benzene rings is 1. The van der Waals surface area contributed by atoms with Crippen LogP contribution in [0.1, 0.15) is 52.5 Å². The van der Waals surface area contributed by atoms with E-state index in [1.54, 1.807) is 13.0 Å². The van der Waals surface area contributed by atoms with Crippen LogP contribution < -0.4 is 16.0 Å². The Morgan fingerprint density at radius 2 is 1.94 bits per heavy atom. The molecule has 1 aromatic heterocycles. The highest BCUT2D eigenvalue weighted by Crippen LogP contribution is 2.56. The number of Topliss-reactive ketones (excluding diaryl/α,β-unsaturated/α-hetero) is 1. The minimum atomic E-state index is -3.08. The van der Waals surface area contributed by atoms with Crippen LogP contribution in [0.2, 0.25) is 5.02 Å². The molecule has 5 rings (SSSR count). The maximum absolute atomic E-state index is 13.6. The molecule has 0 spiro atoms. The van der Waals surface area contributed by atoms with Gasteiger partial charge in [-0.05, 0) is 43.0 Å². The Morgan fingerprint density at radius 1 is 1.23 bits per heavy atom. The fourth-order valence-corrected chi connectivity index (χ4v) is 5.68. The first kappa shape index (κ1) is 23.7. The van der Waals surface area contributed by atoms with E-state index in [1.807, 2.05) is 4.57 Å². The van der Waals surface area contributed by atoms with Crippen LogP contribution in [0, 0.1) is 18.7 Å². The first-order chi connectivity index (χ1) is 16.5. The third-order valence-electron chi connectivity index (χ3n) is 7.32. The quantitative estimate of drug-likeness (QED) is 0.394. The van der Waals surface area contributed by atoms with Gasteiger partial charge in [-0.25, -0.2) is 13.2 Å². The van der Waals surface area contributed by atoms with Gasteiger partial charge in [-0.1, -0.05) is 11.6 Å². The standard InChI is InChI=1S/C24H24ClF3N4O3/c1-11-17(7-30-13-3-4-16(26)15(25)6-13)32-8-12-5-14(12)19(32)18(11)20(33)21(34)31-23(22(35)29-2)9-24(27,28)10-23/h3-4,6,12,14,30H,5,7-10H2,1-2H3,(H,29,35)(H,31,34)/t12-,14-/m0/s1. The molecule has 186 valence electrons. The molecular weight excluding hydrogens is 485 g/mol. The third kappa shape index (κ3) is 3.87. The van der Waals surface area contributed by atoms with Crippen LogP contribution in [0.4, 0.5) is 18.9 Å². The summed E-state index contributed by atoms with van der Waals surface area (Å²) < 4.78 is 42.8. The van der Waals surface area contributed by atoms with Crippen LogP contribution in [0.15, 0.2) is 18.2 Å². The average molecular weight is 509 g/mol. The van der Waals surface area contributed by atoms with E-state index in [-0.39, 0.29) is 16.5 Å². The van der Waals surface area contributed by atoms with Crippen molar-refractivity contribution >= 4 is 34.9 Å². The first-order valence-electron chi connectivity index (χ1n) is 11.3. The van der Waals surface area contributed by atoms with Crippen molar-refractivity contribution in [2.24, 2.45) is 5.92 Å². The summed E-state index contributed by atoms with van der Waals surface area (Å²) in [7, 11) is 1.29. The molecular formula is C24H24ClF3N4O3. The van der Waals surface area contributed by atoms with E-state index in [0.717, 1.165) is 17.8 Å². The van der Waals surface area contributed by atoms with E-state index in [0.29, 0.717) is 30.3 Å². The van der Waals surface area contributed by atoms with Gasteiger partial charge in [0, 0.05) is 49.4 Å². The van der Waals surface area contributed by atoms with Gasteiger partial charge in [0.15, 0.2) is 0 Å². The van der Waals surface area contributed by atoms with Gasteiger partial charge in [0.2, 0.25) is 5.91 Å². The van der Waals surface area contributed by atoms with Gasteiger partial charge in [0.1, 0.15) is 11.4 Å². The number of anilines is 1. The first-order valence-corrected chi connectivity index (χ1v) is 11.7. The summed E-state index contributed by atoms with van der Waals surface area (Å²) in [6, 6.07) is 4.26.